The van der Waals surface area contributed by atoms with E-state index in [0.29, 0.717) is 43.2 Å². The second kappa shape index (κ2) is 10.6. The van der Waals surface area contributed by atoms with Crippen molar-refractivity contribution in [1.82, 2.24) is 5.32 Å². The molecule has 0 aliphatic carbocycles. The van der Waals surface area contributed by atoms with Gasteiger partial charge in [-0.3, -0.25) is 9.52 Å². The second-order valence-electron chi connectivity index (χ2n) is 6.60. The van der Waals surface area contributed by atoms with Gasteiger partial charge in [0.05, 0.1) is 18.3 Å². The zero-order valence-electron chi connectivity index (χ0n) is 17.0. The smallest absolute Gasteiger partial charge is 0.261 e. The van der Waals surface area contributed by atoms with Crippen molar-refractivity contribution in [2.24, 2.45) is 0 Å². The van der Waals surface area contributed by atoms with Gasteiger partial charge in [0, 0.05) is 24.4 Å². The highest BCUT2D eigenvalue weighted by molar-refractivity contribution is 7.92. The summed E-state index contributed by atoms with van der Waals surface area (Å²) in [6.45, 7) is 1.31. The highest BCUT2D eigenvalue weighted by Gasteiger charge is 2.15. The van der Waals surface area contributed by atoms with Crippen molar-refractivity contribution < 1.29 is 27.1 Å². The SMILES string of the molecule is COc1ccc(NS(=O)(=O)c2ccc(C(=O)NCCCOCc3ccco3)cc2)cc1. The van der Waals surface area contributed by atoms with Crippen molar-refractivity contribution in [3.63, 3.8) is 0 Å². The topological polar surface area (TPSA) is 107 Å². The molecule has 0 aliphatic rings. The quantitative estimate of drug-likeness (QED) is 0.439. The summed E-state index contributed by atoms with van der Waals surface area (Å²) >= 11 is 0. The zero-order valence-corrected chi connectivity index (χ0v) is 17.9. The van der Waals surface area contributed by atoms with Crippen LogP contribution in [0, 0.1) is 0 Å². The van der Waals surface area contributed by atoms with E-state index in [1.165, 1.54) is 31.4 Å². The molecule has 8 nitrogen and oxygen atoms in total. The van der Waals surface area contributed by atoms with Crippen LogP contribution in [0.15, 0.2) is 76.2 Å². The van der Waals surface area contributed by atoms with Crippen LogP contribution in [0.3, 0.4) is 0 Å². The normalized spacial score (nSPS) is 11.1. The third kappa shape index (κ3) is 6.59. The van der Waals surface area contributed by atoms with Crippen LogP contribution in [0.25, 0.3) is 0 Å². The van der Waals surface area contributed by atoms with E-state index < -0.39 is 10.0 Å². The highest BCUT2D eigenvalue weighted by Crippen LogP contribution is 2.19. The molecule has 9 heteroatoms. The first-order valence-electron chi connectivity index (χ1n) is 9.63. The van der Waals surface area contributed by atoms with E-state index in [0.717, 1.165) is 5.76 Å². The van der Waals surface area contributed by atoms with Gasteiger partial charge in [-0.15, -0.1) is 0 Å². The number of anilines is 1. The zero-order chi connectivity index (χ0) is 22.1. The minimum atomic E-state index is -3.77. The van der Waals surface area contributed by atoms with Gasteiger partial charge in [0.25, 0.3) is 15.9 Å². The first-order valence-corrected chi connectivity index (χ1v) is 11.1. The van der Waals surface area contributed by atoms with Crippen molar-refractivity contribution >= 4 is 21.6 Å². The Hall–Kier alpha value is -3.30. The molecule has 1 heterocycles. The summed E-state index contributed by atoms with van der Waals surface area (Å²) in [5.41, 5.74) is 0.789. The largest absolute Gasteiger partial charge is 0.497 e. The fourth-order valence-corrected chi connectivity index (χ4v) is 3.76. The van der Waals surface area contributed by atoms with E-state index in [4.69, 9.17) is 13.9 Å². The number of furan rings is 1. The van der Waals surface area contributed by atoms with Crippen molar-refractivity contribution in [2.75, 3.05) is 25.0 Å². The molecule has 0 spiro atoms. The van der Waals surface area contributed by atoms with Crippen LogP contribution in [0.2, 0.25) is 0 Å². The van der Waals surface area contributed by atoms with Crippen LogP contribution in [-0.4, -0.2) is 34.6 Å². The number of methoxy groups -OCH3 is 1. The molecule has 0 saturated heterocycles. The third-order valence-corrected chi connectivity index (χ3v) is 5.74. The maximum Gasteiger partial charge on any atom is 0.261 e. The molecular formula is C22H24N2O6S. The van der Waals surface area contributed by atoms with E-state index in [-0.39, 0.29) is 10.8 Å². The molecule has 31 heavy (non-hydrogen) atoms. The number of benzene rings is 2. The average molecular weight is 445 g/mol. The van der Waals surface area contributed by atoms with Gasteiger partial charge in [0.1, 0.15) is 18.1 Å². The Morgan fingerprint density at radius 3 is 2.42 bits per heavy atom. The molecule has 1 aromatic heterocycles. The minimum absolute atomic E-state index is 0.0613. The average Bonchev–Trinajstić information content (AvgIpc) is 3.30. The molecule has 1 amide bonds. The standard InChI is InChI=1S/C22H24N2O6S/c1-28-19-9-7-18(8-10-19)24-31(26,27)21-11-5-17(6-12-21)22(25)23-13-3-14-29-16-20-4-2-15-30-20/h2,4-12,15,24H,3,13-14,16H2,1H3,(H,23,25). The van der Waals surface area contributed by atoms with Crippen LogP contribution in [0.5, 0.6) is 5.75 Å². The number of ether oxygens (including phenoxy) is 2. The summed E-state index contributed by atoms with van der Waals surface area (Å²) in [7, 11) is -2.23. The molecule has 164 valence electrons. The van der Waals surface area contributed by atoms with Crippen molar-refractivity contribution in [2.45, 2.75) is 17.9 Å². The lowest BCUT2D eigenvalue weighted by molar-refractivity contribution is 0.0917. The number of carbonyl (C=O) groups excluding carboxylic acids is 1. The lowest BCUT2D eigenvalue weighted by Crippen LogP contribution is -2.25. The van der Waals surface area contributed by atoms with E-state index in [1.807, 2.05) is 6.07 Å². The lowest BCUT2D eigenvalue weighted by Gasteiger charge is -2.10. The van der Waals surface area contributed by atoms with Crippen LogP contribution in [0.1, 0.15) is 22.5 Å². The molecule has 0 bridgehead atoms. The Labute approximate surface area is 181 Å². The van der Waals surface area contributed by atoms with Crippen molar-refractivity contribution in [1.29, 1.82) is 0 Å². The summed E-state index contributed by atoms with van der Waals surface area (Å²) in [5, 5.41) is 2.78. The molecule has 0 atom stereocenters. The van der Waals surface area contributed by atoms with E-state index in [9.17, 15) is 13.2 Å². The van der Waals surface area contributed by atoms with Gasteiger partial charge in [-0.1, -0.05) is 0 Å². The molecular weight excluding hydrogens is 420 g/mol. The maximum absolute atomic E-state index is 12.5. The summed E-state index contributed by atoms with van der Waals surface area (Å²) in [5.74, 6) is 1.10. The molecule has 2 N–H and O–H groups in total. The van der Waals surface area contributed by atoms with Crippen LogP contribution < -0.4 is 14.8 Å². The number of sulfonamides is 1. The lowest BCUT2D eigenvalue weighted by atomic mass is 10.2. The molecule has 0 aliphatic heterocycles. The number of carbonyl (C=O) groups is 1. The van der Waals surface area contributed by atoms with Gasteiger partial charge in [0.2, 0.25) is 0 Å². The number of hydrogen-bond donors (Lipinski definition) is 2. The molecule has 3 rings (SSSR count). The fraction of sp³-hybridized carbons (Fsp3) is 0.227. The summed E-state index contributed by atoms with van der Waals surface area (Å²) < 4.78 is 43.2. The Kier molecular flexibility index (Phi) is 7.69. The Morgan fingerprint density at radius 1 is 1.03 bits per heavy atom. The van der Waals surface area contributed by atoms with Gasteiger partial charge in [-0.25, -0.2) is 8.42 Å². The number of rotatable bonds is 11. The molecule has 0 fully saturated rings. The molecule has 2 aromatic carbocycles. The van der Waals surface area contributed by atoms with Gasteiger partial charge in [-0.2, -0.15) is 0 Å². The number of hydrogen-bond acceptors (Lipinski definition) is 6. The monoisotopic (exact) mass is 444 g/mol. The molecule has 0 saturated carbocycles. The van der Waals surface area contributed by atoms with E-state index in [1.54, 1.807) is 36.6 Å². The Balaban J connectivity index is 1.46. The predicted molar refractivity (Wildman–Crippen MR) is 116 cm³/mol. The van der Waals surface area contributed by atoms with E-state index >= 15 is 0 Å². The Bertz CT molecular complexity index is 1060. The molecule has 3 aromatic rings. The number of amides is 1. The van der Waals surface area contributed by atoms with E-state index in [2.05, 4.69) is 10.0 Å². The van der Waals surface area contributed by atoms with Crippen molar-refractivity contribution in [3.05, 3.63) is 78.3 Å². The second-order valence-corrected chi connectivity index (χ2v) is 8.28. The number of nitrogens with one attached hydrogen (secondary N) is 2. The van der Waals surface area contributed by atoms with Crippen LogP contribution >= 0.6 is 0 Å². The highest BCUT2D eigenvalue weighted by atomic mass is 32.2. The maximum atomic E-state index is 12.5. The Morgan fingerprint density at radius 2 is 1.77 bits per heavy atom. The van der Waals surface area contributed by atoms with Gasteiger partial charge >= 0.3 is 0 Å². The minimum Gasteiger partial charge on any atom is -0.497 e. The summed E-state index contributed by atoms with van der Waals surface area (Å²) in [4.78, 5) is 12.3. The first-order chi connectivity index (χ1) is 15.0. The van der Waals surface area contributed by atoms with Crippen molar-refractivity contribution in [3.8, 4) is 5.75 Å². The van der Waals surface area contributed by atoms with Gasteiger partial charge < -0.3 is 19.2 Å². The molecule has 0 unspecified atom stereocenters. The third-order valence-electron chi connectivity index (χ3n) is 4.34. The summed E-state index contributed by atoms with van der Waals surface area (Å²) in [6, 6.07) is 15.9. The predicted octanol–water partition coefficient (Wildman–Crippen LogP) is 3.43. The fourth-order valence-electron chi connectivity index (χ4n) is 2.70. The van der Waals surface area contributed by atoms with Gasteiger partial charge in [0.15, 0.2) is 0 Å². The summed E-state index contributed by atoms with van der Waals surface area (Å²) in [6.07, 6.45) is 2.23. The van der Waals surface area contributed by atoms with Crippen LogP contribution in [-0.2, 0) is 21.4 Å². The molecule has 0 radical (unpaired) electrons. The first kappa shape index (κ1) is 22.4. The van der Waals surface area contributed by atoms with Gasteiger partial charge in [-0.05, 0) is 67.1 Å². The van der Waals surface area contributed by atoms with Crippen LogP contribution in [0.4, 0.5) is 5.69 Å².